The van der Waals surface area contributed by atoms with Crippen molar-refractivity contribution in [3.63, 3.8) is 0 Å². The molecule has 0 aliphatic carbocycles. The molecule has 8 heteroatoms. The van der Waals surface area contributed by atoms with E-state index in [1.54, 1.807) is 0 Å². The van der Waals surface area contributed by atoms with Crippen molar-refractivity contribution < 1.29 is 8.78 Å². The Morgan fingerprint density at radius 1 is 1.35 bits per heavy atom. The topological polar surface area (TPSA) is 68.2 Å². The van der Waals surface area contributed by atoms with E-state index in [1.165, 1.54) is 0 Å². The van der Waals surface area contributed by atoms with Crippen molar-refractivity contribution in [1.29, 1.82) is 0 Å². The number of guanidine groups is 1. The van der Waals surface area contributed by atoms with E-state index in [-0.39, 0.29) is 35.6 Å². The summed E-state index contributed by atoms with van der Waals surface area (Å²) in [4.78, 5) is 8.62. The number of aromatic nitrogens is 2. The van der Waals surface area contributed by atoms with Crippen LogP contribution in [0, 0.1) is 11.6 Å². The molecule has 0 spiro atoms. The van der Waals surface area contributed by atoms with Gasteiger partial charge in [0.2, 0.25) is 0 Å². The number of rotatable bonds is 3. The molecule has 23 heavy (non-hydrogen) atoms. The number of nitrogens with two attached hydrogens (primary N) is 1. The summed E-state index contributed by atoms with van der Waals surface area (Å²) in [5, 5.41) is 2.56. The third kappa shape index (κ3) is 4.40. The van der Waals surface area contributed by atoms with Crippen LogP contribution in [-0.4, -0.2) is 15.5 Å². The molecule has 0 unspecified atom stereocenters. The zero-order chi connectivity index (χ0) is 15.5. The smallest absolute Gasteiger partial charge is 0.193 e. The Kier molecular flexibility index (Phi) is 5.91. The highest BCUT2D eigenvalue weighted by atomic mass is 127. The number of imidazole rings is 1. The number of nitrogens with one attached hydrogen (secondary N) is 1. The predicted molar refractivity (Wildman–Crippen MR) is 95.9 cm³/mol. The van der Waals surface area contributed by atoms with Crippen LogP contribution in [0.25, 0.3) is 0 Å². The molecule has 5 nitrogen and oxygen atoms in total. The number of benzene rings is 1. The van der Waals surface area contributed by atoms with Crippen molar-refractivity contribution >= 4 is 35.6 Å². The van der Waals surface area contributed by atoms with Crippen molar-refractivity contribution in [2.24, 2.45) is 10.7 Å². The highest BCUT2D eigenvalue weighted by Crippen LogP contribution is 2.16. The maximum atomic E-state index is 13.5. The molecule has 0 saturated heterocycles. The number of anilines is 1. The van der Waals surface area contributed by atoms with Crippen LogP contribution >= 0.6 is 24.0 Å². The molecule has 1 aliphatic heterocycles. The van der Waals surface area contributed by atoms with Crippen LogP contribution in [0.2, 0.25) is 0 Å². The molecule has 0 bridgehead atoms. The first-order chi connectivity index (χ1) is 10.6. The molecule has 0 radical (unpaired) electrons. The molecule has 0 fully saturated rings. The minimum atomic E-state index is -0.586. The number of halogens is 3. The number of hydrogen-bond acceptors (Lipinski definition) is 2. The summed E-state index contributed by atoms with van der Waals surface area (Å²) in [6, 6.07) is 3.12. The monoisotopic (exact) mass is 433 g/mol. The minimum absolute atomic E-state index is 0. The fraction of sp³-hybridized carbons (Fsp3) is 0.333. The first-order valence-electron chi connectivity index (χ1n) is 7.19. The molecule has 2 heterocycles. The van der Waals surface area contributed by atoms with Gasteiger partial charge in [0.25, 0.3) is 0 Å². The molecule has 1 aromatic heterocycles. The number of fused-ring (bicyclic) bond motifs is 1. The Morgan fingerprint density at radius 3 is 2.96 bits per heavy atom. The number of aliphatic imine (C=N–C) groups is 1. The van der Waals surface area contributed by atoms with Crippen LogP contribution in [0.1, 0.15) is 24.4 Å². The molecule has 1 aliphatic rings. The summed E-state index contributed by atoms with van der Waals surface area (Å²) in [5.41, 5.74) is 6.49. The van der Waals surface area contributed by atoms with Crippen LogP contribution in [0.5, 0.6) is 0 Å². The Bertz CT molecular complexity index is 690. The third-order valence-electron chi connectivity index (χ3n) is 3.56. The minimum Gasteiger partial charge on any atom is -0.370 e. The van der Waals surface area contributed by atoms with Gasteiger partial charge in [0.1, 0.15) is 17.5 Å². The quantitative estimate of drug-likeness (QED) is 0.444. The van der Waals surface area contributed by atoms with Gasteiger partial charge in [0.15, 0.2) is 5.96 Å². The van der Waals surface area contributed by atoms with E-state index < -0.39 is 11.6 Å². The van der Waals surface area contributed by atoms with Gasteiger partial charge < -0.3 is 15.6 Å². The number of aryl methyl sites for hydroxylation is 2. The van der Waals surface area contributed by atoms with Crippen LogP contribution in [0.3, 0.4) is 0 Å². The highest BCUT2D eigenvalue weighted by Gasteiger charge is 2.12. The van der Waals surface area contributed by atoms with E-state index in [2.05, 4.69) is 19.9 Å². The normalized spacial score (nSPS) is 14.1. The van der Waals surface area contributed by atoms with E-state index in [9.17, 15) is 8.78 Å². The van der Waals surface area contributed by atoms with Gasteiger partial charge in [-0.15, -0.1) is 24.0 Å². The van der Waals surface area contributed by atoms with Gasteiger partial charge in [-0.3, -0.25) is 0 Å². The van der Waals surface area contributed by atoms with E-state index >= 15 is 0 Å². The second-order valence-corrected chi connectivity index (χ2v) is 5.25. The van der Waals surface area contributed by atoms with Crippen LogP contribution in [-0.2, 0) is 19.5 Å². The molecule has 0 saturated carbocycles. The molecule has 0 amide bonds. The largest absolute Gasteiger partial charge is 0.370 e. The van der Waals surface area contributed by atoms with Gasteiger partial charge in [0, 0.05) is 25.2 Å². The molecule has 0 atom stereocenters. The van der Waals surface area contributed by atoms with Crippen molar-refractivity contribution in [3.8, 4) is 0 Å². The lowest BCUT2D eigenvalue weighted by molar-refractivity contribution is 0.522. The zero-order valence-corrected chi connectivity index (χ0v) is 14.8. The summed E-state index contributed by atoms with van der Waals surface area (Å²) in [6.45, 7) is 1.28. The maximum Gasteiger partial charge on any atom is 0.193 e. The van der Waals surface area contributed by atoms with Gasteiger partial charge in [-0.2, -0.15) is 0 Å². The van der Waals surface area contributed by atoms with Crippen LogP contribution < -0.4 is 11.1 Å². The predicted octanol–water partition coefficient (Wildman–Crippen LogP) is 3.04. The Balaban J connectivity index is 0.00000192. The average Bonchev–Trinajstić information content (AvgIpc) is 2.92. The Morgan fingerprint density at radius 2 is 2.17 bits per heavy atom. The molecular formula is C15H18F2IN5. The SMILES string of the molecule is I.NC(=NCc1cn2c(n1)CCCC2)Nc1cc(F)ccc1F. The first kappa shape index (κ1) is 17.6. The summed E-state index contributed by atoms with van der Waals surface area (Å²) < 4.78 is 28.7. The van der Waals surface area contributed by atoms with Gasteiger partial charge in [-0.05, 0) is 25.0 Å². The van der Waals surface area contributed by atoms with Crippen LogP contribution in [0.15, 0.2) is 29.4 Å². The first-order valence-corrected chi connectivity index (χ1v) is 7.19. The lowest BCUT2D eigenvalue weighted by Crippen LogP contribution is -2.23. The van der Waals surface area contributed by atoms with Gasteiger partial charge in [-0.1, -0.05) is 0 Å². The second-order valence-electron chi connectivity index (χ2n) is 5.25. The summed E-state index contributed by atoms with van der Waals surface area (Å²) in [5.74, 6) is -0.0369. The fourth-order valence-corrected chi connectivity index (χ4v) is 2.48. The molecule has 124 valence electrons. The highest BCUT2D eigenvalue weighted by molar-refractivity contribution is 14.0. The van der Waals surface area contributed by atoms with Gasteiger partial charge in [-0.25, -0.2) is 18.8 Å². The van der Waals surface area contributed by atoms with Crippen molar-refractivity contribution in [1.82, 2.24) is 9.55 Å². The summed E-state index contributed by atoms with van der Waals surface area (Å²) in [7, 11) is 0. The van der Waals surface area contributed by atoms with Crippen molar-refractivity contribution in [2.75, 3.05) is 5.32 Å². The Hall–Kier alpha value is -1.71. The lowest BCUT2D eigenvalue weighted by atomic mass is 10.2. The standard InChI is InChI=1S/C15H17F2N5.HI/c16-10-4-5-12(17)13(7-10)21-15(18)19-8-11-9-22-6-2-1-3-14(22)20-11;/h4-5,7,9H,1-3,6,8H2,(H3,18,19,21);1H. The van der Waals surface area contributed by atoms with E-state index in [0.29, 0.717) is 6.54 Å². The molecule has 3 N–H and O–H groups in total. The number of hydrogen-bond donors (Lipinski definition) is 2. The van der Waals surface area contributed by atoms with E-state index in [0.717, 1.165) is 55.5 Å². The van der Waals surface area contributed by atoms with Gasteiger partial charge >= 0.3 is 0 Å². The average molecular weight is 433 g/mol. The number of nitrogens with zero attached hydrogens (tertiary/aromatic N) is 3. The Labute approximate surface area is 150 Å². The second kappa shape index (κ2) is 7.71. The molecule has 3 rings (SSSR count). The van der Waals surface area contributed by atoms with Gasteiger partial charge in [0.05, 0.1) is 17.9 Å². The third-order valence-corrected chi connectivity index (χ3v) is 3.56. The zero-order valence-electron chi connectivity index (χ0n) is 12.4. The fourth-order valence-electron chi connectivity index (χ4n) is 2.48. The maximum absolute atomic E-state index is 13.5. The van der Waals surface area contributed by atoms with Crippen LogP contribution in [0.4, 0.5) is 14.5 Å². The molecule has 1 aromatic carbocycles. The summed E-state index contributed by atoms with van der Waals surface area (Å²) >= 11 is 0. The van der Waals surface area contributed by atoms with Crippen molar-refractivity contribution in [2.45, 2.75) is 32.4 Å². The molecular weight excluding hydrogens is 415 g/mol. The summed E-state index contributed by atoms with van der Waals surface area (Å²) in [6.07, 6.45) is 5.26. The molecule has 2 aromatic rings. The van der Waals surface area contributed by atoms with Crippen molar-refractivity contribution in [3.05, 3.63) is 47.5 Å². The van der Waals surface area contributed by atoms with E-state index in [1.807, 2.05) is 6.20 Å². The van der Waals surface area contributed by atoms with E-state index in [4.69, 9.17) is 5.73 Å². The lowest BCUT2D eigenvalue weighted by Gasteiger charge is -2.11.